The number of halogens is 2. The molecule has 1 aromatic heterocycles. The van der Waals surface area contributed by atoms with Gasteiger partial charge in [0.25, 0.3) is 5.91 Å². The van der Waals surface area contributed by atoms with Crippen molar-refractivity contribution in [2.45, 2.75) is 0 Å². The molecule has 0 aliphatic carbocycles. The van der Waals surface area contributed by atoms with Crippen molar-refractivity contribution >= 4 is 11.6 Å². The van der Waals surface area contributed by atoms with Crippen LogP contribution in [0, 0.1) is 23.0 Å². The summed E-state index contributed by atoms with van der Waals surface area (Å²) in [5, 5.41) is 8.66. The predicted octanol–water partition coefficient (Wildman–Crippen LogP) is 2.44. The molecule has 1 N–H and O–H groups in total. The average molecular weight is 261 g/mol. The molecule has 4 nitrogen and oxygen atoms in total. The number of hydrogen-bond acceptors (Lipinski definition) is 2. The van der Waals surface area contributed by atoms with E-state index in [1.54, 1.807) is 0 Å². The molecule has 19 heavy (non-hydrogen) atoms. The molecular formula is C13H9F2N3O. The highest BCUT2D eigenvalue weighted by Gasteiger charge is 2.16. The number of rotatable bonds is 2. The maximum Gasteiger partial charge on any atom is 0.274 e. The molecule has 2 aromatic rings. The smallest absolute Gasteiger partial charge is 0.274 e. The highest BCUT2D eigenvalue weighted by Crippen LogP contribution is 2.18. The number of aromatic amines is 1. The Labute approximate surface area is 107 Å². The summed E-state index contributed by atoms with van der Waals surface area (Å²) in [6.07, 6.45) is 0. The van der Waals surface area contributed by atoms with Crippen LogP contribution in [-0.2, 0) is 0 Å². The molecule has 0 aliphatic rings. The summed E-state index contributed by atoms with van der Waals surface area (Å²) in [4.78, 5) is 15.8. The van der Waals surface area contributed by atoms with E-state index in [4.69, 9.17) is 5.26 Å². The van der Waals surface area contributed by atoms with Crippen LogP contribution in [0.5, 0.6) is 0 Å². The normalized spacial score (nSPS) is 10.0. The Morgan fingerprint density at radius 2 is 2.00 bits per heavy atom. The van der Waals surface area contributed by atoms with Gasteiger partial charge in [-0.2, -0.15) is 5.26 Å². The Hall–Kier alpha value is -2.68. The predicted molar refractivity (Wildman–Crippen MR) is 64.6 cm³/mol. The minimum Gasteiger partial charge on any atom is -0.342 e. The van der Waals surface area contributed by atoms with Crippen LogP contribution in [0.25, 0.3) is 0 Å². The number of H-pyrrole nitrogens is 1. The fraction of sp³-hybridized carbons (Fsp3) is 0.0769. The summed E-state index contributed by atoms with van der Waals surface area (Å²) in [6, 6.07) is 7.96. The largest absolute Gasteiger partial charge is 0.342 e. The van der Waals surface area contributed by atoms with E-state index >= 15 is 0 Å². The second-order valence-corrected chi connectivity index (χ2v) is 3.86. The van der Waals surface area contributed by atoms with Crippen molar-refractivity contribution in [2.24, 2.45) is 0 Å². The first-order valence-corrected chi connectivity index (χ1v) is 5.35. The standard InChI is InChI=1S/C13H9F2N3O/c1-18(9-3-4-10(14)11(15)6-9)13(19)12-5-2-8(7-16)17-12/h2-6,17H,1H3. The van der Waals surface area contributed by atoms with E-state index < -0.39 is 17.5 Å². The molecule has 1 aromatic carbocycles. The van der Waals surface area contributed by atoms with E-state index in [2.05, 4.69) is 4.98 Å². The van der Waals surface area contributed by atoms with Crippen LogP contribution in [0.1, 0.15) is 16.2 Å². The van der Waals surface area contributed by atoms with Gasteiger partial charge in [-0.15, -0.1) is 0 Å². The summed E-state index contributed by atoms with van der Waals surface area (Å²) in [5.74, 6) is -2.45. The molecule has 0 unspecified atom stereocenters. The quantitative estimate of drug-likeness (QED) is 0.902. The Morgan fingerprint density at radius 1 is 1.26 bits per heavy atom. The molecule has 0 radical (unpaired) electrons. The van der Waals surface area contributed by atoms with Crippen LogP contribution in [0.4, 0.5) is 14.5 Å². The Morgan fingerprint density at radius 3 is 2.58 bits per heavy atom. The third kappa shape index (κ3) is 2.45. The maximum absolute atomic E-state index is 13.1. The first kappa shape index (κ1) is 12.8. The maximum atomic E-state index is 13.1. The minimum absolute atomic E-state index is 0.198. The summed E-state index contributed by atoms with van der Waals surface area (Å²) in [6.45, 7) is 0. The van der Waals surface area contributed by atoms with Gasteiger partial charge in [0.05, 0.1) is 0 Å². The van der Waals surface area contributed by atoms with Gasteiger partial charge >= 0.3 is 0 Å². The highest BCUT2D eigenvalue weighted by atomic mass is 19.2. The lowest BCUT2D eigenvalue weighted by molar-refractivity contribution is 0.0988. The molecule has 0 saturated heterocycles. The molecule has 0 bridgehead atoms. The second kappa shape index (κ2) is 4.90. The van der Waals surface area contributed by atoms with E-state index in [9.17, 15) is 13.6 Å². The Balaban J connectivity index is 2.28. The Kier molecular flexibility index (Phi) is 3.29. The summed E-state index contributed by atoms with van der Waals surface area (Å²) in [5.41, 5.74) is 0.669. The van der Waals surface area contributed by atoms with Crippen LogP contribution in [0.3, 0.4) is 0 Å². The molecule has 0 atom stereocenters. The molecule has 0 fully saturated rings. The average Bonchev–Trinajstić information content (AvgIpc) is 2.89. The van der Waals surface area contributed by atoms with Crippen LogP contribution in [-0.4, -0.2) is 17.9 Å². The molecule has 6 heteroatoms. The van der Waals surface area contributed by atoms with Gasteiger partial charge in [0.15, 0.2) is 11.6 Å². The van der Waals surface area contributed by atoms with Crippen LogP contribution in [0.2, 0.25) is 0 Å². The fourth-order valence-corrected chi connectivity index (χ4v) is 1.58. The van der Waals surface area contributed by atoms with Crippen LogP contribution < -0.4 is 4.90 Å². The van der Waals surface area contributed by atoms with Crippen LogP contribution >= 0.6 is 0 Å². The van der Waals surface area contributed by atoms with Crippen LogP contribution in [0.15, 0.2) is 30.3 Å². The van der Waals surface area contributed by atoms with E-state index in [0.29, 0.717) is 0 Å². The molecule has 96 valence electrons. The van der Waals surface area contributed by atoms with Gasteiger partial charge < -0.3 is 9.88 Å². The molecule has 2 rings (SSSR count). The number of carbonyl (C=O) groups excluding carboxylic acids is 1. The molecule has 0 aliphatic heterocycles. The second-order valence-electron chi connectivity index (χ2n) is 3.86. The van der Waals surface area contributed by atoms with E-state index in [0.717, 1.165) is 17.0 Å². The summed E-state index contributed by atoms with van der Waals surface area (Å²) in [7, 11) is 1.43. The lowest BCUT2D eigenvalue weighted by Gasteiger charge is -2.16. The molecule has 0 spiro atoms. The van der Waals surface area contributed by atoms with Crippen molar-refractivity contribution in [3.63, 3.8) is 0 Å². The van der Waals surface area contributed by atoms with Gasteiger partial charge in [-0.05, 0) is 24.3 Å². The first-order valence-electron chi connectivity index (χ1n) is 5.35. The third-order valence-electron chi connectivity index (χ3n) is 2.63. The topological polar surface area (TPSA) is 59.9 Å². The van der Waals surface area contributed by atoms with E-state index in [1.165, 1.54) is 25.2 Å². The summed E-state index contributed by atoms with van der Waals surface area (Å²) >= 11 is 0. The lowest BCUT2D eigenvalue weighted by Crippen LogP contribution is -2.26. The number of carbonyl (C=O) groups is 1. The number of amides is 1. The van der Waals surface area contributed by atoms with Crippen molar-refractivity contribution in [3.05, 3.63) is 53.4 Å². The molecule has 1 heterocycles. The highest BCUT2D eigenvalue weighted by molar-refractivity contribution is 6.04. The zero-order valence-electron chi connectivity index (χ0n) is 9.95. The van der Waals surface area contributed by atoms with Gasteiger partial charge in [-0.25, -0.2) is 8.78 Å². The number of nitriles is 1. The van der Waals surface area contributed by atoms with E-state index in [1.807, 2.05) is 6.07 Å². The summed E-state index contributed by atoms with van der Waals surface area (Å²) < 4.78 is 25.9. The third-order valence-corrected chi connectivity index (χ3v) is 2.63. The molecule has 1 amide bonds. The van der Waals surface area contributed by atoms with Gasteiger partial charge in [0, 0.05) is 18.8 Å². The number of aromatic nitrogens is 1. The molecule has 0 saturated carbocycles. The zero-order chi connectivity index (χ0) is 14.0. The number of anilines is 1. The first-order chi connectivity index (χ1) is 9.02. The van der Waals surface area contributed by atoms with Gasteiger partial charge in [0.1, 0.15) is 17.5 Å². The van der Waals surface area contributed by atoms with Crippen molar-refractivity contribution in [1.29, 1.82) is 5.26 Å². The fourth-order valence-electron chi connectivity index (χ4n) is 1.58. The van der Waals surface area contributed by atoms with Crippen molar-refractivity contribution in [3.8, 4) is 6.07 Å². The van der Waals surface area contributed by atoms with Crippen molar-refractivity contribution in [2.75, 3.05) is 11.9 Å². The number of nitrogens with zero attached hydrogens (tertiary/aromatic N) is 2. The molecular weight excluding hydrogens is 252 g/mol. The SMILES string of the molecule is CN(C(=O)c1ccc(C#N)[nH]1)c1ccc(F)c(F)c1. The van der Waals surface area contributed by atoms with Gasteiger partial charge in [-0.1, -0.05) is 0 Å². The number of nitrogens with one attached hydrogen (secondary N) is 1. The minimum atomic E-state index is -1.03. The number of hydrogen-bond donors (Lipinski definition) is 1. The van der Waals surface area contributed by atoms with Gasteiger partial charge in [0.2, 0.25) is 0 Å². The number of benzene rings is 1. The lowest BCUT2D eigenvalue weighted by atomic mass is 10.2. The Bertz CT molecular complexity index is 673. The zero-order valence-corrected chi connectivity index (χ0v) is 9.95. The van der Waals surface area contributed by atoms with E-state index in [-0.39, 0.29) is 17.1 Å². The van der Waals surface area contributed by atoms with Crippen molar-refractivity contribution < 1.29 is 13.6 Å². The van der Waals surface area contributed by atoms with Crippen molar-refractivity contribution in [1.82, 2.24) is 4.98 Å². The monoisotopic (exact) mass is 261 g/mol. The van der Waals surface area contributed by atoms with Gasteiger partial charge in [-0.3, -0.25) is 4.79 Å².